The summed E-state index contributed by atoms with van der Waals surface area (Å²) in [6.07, 6.45) is 4.86. The molecule has 1 aromatic carbocycles. The van der Waals surface area contributed by atoms with Gasteiger partial charge < -0.3 is 10.6 Å². The normalized spacial score (nSPS) is 14.4. The maximum Gasteiger partial charge on any atom is 0.221 e. The molecule has 1 fully saturated rings. The molecule has 0 unspecified atom stereocenters. The number of hydrogen-bond donors (Lipinski definition) is 2. The minimum atomic E-state index is -0.0495. The van der Waals surface area contributed by atoms with Gasteiger partial charge in [-0.3, -0.25) is 9.59 Å². The molecule has 0 bridgehead atoms. The van der Waals surface area contributed by atoms with Crippen molar-refractivity contribution in [2.75, 3.05) is 11.9 Å². The van der Waals surface area contributed by atoms with E-state index in [0.29, 0.717) is 35.8 Å². The number of hydrogen-bond acceptors (Lipinski definition) is 4. The van der Waals surface area contributed by atoms with Gasteiger partial charge in [-0.05, 0) is 38.0 Å². The molecule has 22 heavy (non-hydrogen) atoms. The fourth-order valence-corrected chi connectivity index (χ4v) is 2.69. The molecule has 0 atom stereocenters. The highest BCUT2D eigenvalue weighted by atomic mass is 16.1. The van der Waals surface area contributed by atoms with Crippen LogP contribution in [0.3, 0.4) is 0 Å². The van der Waals surface area contributed by atoms with E-state index in [1.54, 1.807) is 18.2 Å². The topological polar surface area (TPSA) is 82.0 Å². The number of benzene rings is 1. The molecule has 0 radical (unpaired) electrons. The summed E-state index contributed by atoms with van der Waals surface area (Å²) in [5, 5.41) is 15.2. The zero-order valence-electron chi connectivity index (χ0n) is 12.8. The molecular weight excluding hydrogens is 278 g/mol. The summed E-state index contributed by atoms with van der Waals surface area (Å²) in [5.74, 6) is -0.0212. The van der Waals surface area contributed by atoms with Crippen molar-refractivity contribution in [2.24, 2.45) is 0 Å². The highest BCUT2D eigenvalue weighted by Gasteiger charge is 2.16. The van der Waals surface area contributed by atoms with Gasteiger partial charge in [0.2, 0.25) is 5.91 Å². The second kappa shape index (κ2) is 7.60. The van der Waals surface area contributed by atoms with Crippen LogP contribution in [0.4, 0.5) is 5.69 Å². The van der Waals surface area contributed by atoms with Crippen molar-refractivity contribution < 1.29 is 9.59 Å². The molecule has 2 rings (SSSR count). The van der Waals surface area contributed by atoms with Crippen LogP contribution >= 0.6 is 0 Å². The van der Waals surface area contributed by atoms with Crippen molar-refractivity contribution in [3.63, 3.8) is 0 Å². The largest absolute Gasteiger partial charge is 0.383 e. The summed E-state index contributed by atoms with van der Waals surface area (Å²) < 4.78 is 0. The van der Waals surface area contributed by atoms with Gasteiger partial charge in [-0.1, -0.05) is 12.8 Å². The van der Waals surface area contributed by atoms with Gasteiger partial charge in [0, 0.05) is 24.6 Å². The highest BCUT2D eigenvalue weighted by molar-refractivity contribution is 5.95. The van der Waals surface area contributed by atoms with Crippen molar-refractivity contribution in [3.05, 3.63) is 29.3 Å². The number of anilines is 1. The molecule has 1 aliphatic rings. The lowest BCUT2D eigenvalue weighted by atomic mass is 10.1. The second-order valence-corrected chi connectivity index (χ2v) is 5.65. The van der Waals surface area contributed by atoms with E-state index in [9.17, 15) is 9.59 Å². The van der Waals surface area contributed by atoms with E-state index in [1.807, 2.05) is 0 Å². The van der Waals surface area contributed by atoms with Gasteiger partial charge in [0.25, 0.3) is 0 Å². The summed E-state index contributed by atoms with van der Waals surface area (Å²) in [7, 11) is 0. The number of nitrogens with zero attached hydrogens (tertiary/aromatic N) is 1. The second-order valence-electron chi connectivity index (χ2n) is 5.65. The van der Waals surface area contributed by atoms with E-state index in [0.717, 1.165) is 12.8 Å². The van der Waals surface area contributed by atoms with Crippen LogP contribution in [-0.4, -0.2) is 24.3 Å². The van der Waals surface area contributed by atoms with Crippen molar-refractivity contribution in [1.82, 2.24) is 5.32 Å². The first-order chi connectivity index (χ1) is 10.6. The van der Waals surface area contributed by atoms with E-state index in [-0.39, 0.29) is 11.7 Å². The monoisotopic (exact) mass is 299 g/mol. The number of amides is 1. The van der Waals surface area contributed by atoms with Crippen LogP contribution < -0.4 is 10.6 Å². The number of Topliss-reactive ketones (excluding diaryl/α,β-unsaturated/α-hetero) is 1. The SMILES string of the molecule is CC(=O)c1ccc(C#N)c(NCCC(=O)NC2CCCC2)c1. The summed E-state index contributed by atoms with van der Waals surface area (Å²) in [5.41, 5.74) is 1.63. The summed E-state index contributed by atoms with van der Waals surface area (Å²) >= 11 is 0. The minimum absolute atomic E-state index is 0.0284. The van der Waals surface area contributed by atoms with Crippen molar-refractivity contribution in [1.29, 1.82) is 5.26 Å². The molecule has 1 amide bonds. The zero-order chi connectivity index (χ0) is 15.9. The Kier molecular flexibility index (Phi) is 5.54. The Morgan fingerprint density at radius 3 is 2.68 bits per heavy atom. The minimum Gasteiger partial charge on any atom is -0.383 e. The Morgan fingerprint density at radius 2 is 2.05 bits per heavy atom. The molecule has 5 heteroatoms. The average Bonchev–Trinajstić information content (AvgIpc) is 2.99. The maximum atomic E-state index is 11.8. The molecule has 0 spiro atoms. The molecule has 1 aromatic rings. The lowest BCUT2D eigenvalue weighted by Crippen LogP contribution is -2.33. The number of ketones is 1. The lowest BCUT2D eigenvalue weighted by Gasteiger charge is -2.13. The third kappa shape index (κ3) is 4.32. The fourth-order valence-electron chi connectivity index (χ4n) is 2.69. The van der Waals surface area contributed by atoms with E-state index in [1.165, 1.54) is 19.8 Å². The van der Waals surface area contributed by atoms with Crippen LogP contribution in [0.25, 0.3) is 0 Å². The molecule has 2 N–H and O–H groups in total. The third-order valence-corrected chi connectivity index (χ3v) is 3.93. The van der Waals surface area contributed by atoms with E-state index in [2.05, 4.69) is 16.7 Å². The van der Waals surface area contributed by atoms with Crippen molar-refractivity contribution >= 4 is 17.4 Å². The molecular formula is C17H21N3O2. The number of carbonyl (C=O) groups excluding carboxylic acids is 2. The number of rotatable bonds is 6. The standard InChI is InChI=1S/C17H21N3O2/c1-12(21)13-6-7-14(11-18)16(10-13)19-9-8-17(22)20-15-4-2-3-5-15/h6-7,10,15,19H,2-5,8-9H2,1H3,(H,20,22). The van der Waals surface area contributed by atoms with Crippen LogP contribution in [0.15, 0.2) is 18.2 Å². The van der Waals surface area contributed by atoms with Gasteiger partial charge in [0.05, 0.1) is 11.3 Å². The van der Waals surface area contributed by atoms with Gasteiger partial charge in [-0.25, -0.2) is 0 Å². The van der Waals surface area contributed by atoms with Crippen LogP contribution in [0, 0.1) is 11.3 Å². The third-order valence-electron chi connectivity index (χ3n) is 3.93. The van der Waals surface area contributed by atoms with Crippen molar-refractivity contribution in [2.45, 2.75) is 45.1 Å². The smallest absolute Gasteiger partial charge is 0.221 e. The fraction of sp³-hybridized carbons (Fsp3) is 0.471. The van der Waals surface area contributed by atoms with Crippen molar-refractivity contribution in [3.8, 4) is 6.07 Å². The Bertz CT molecular complexity index is 598. The summed E-state index contributed by atoms with van der Waals surface area (Å²) in [6.45, 7) is 1.93. The molecule has 0 aliphatic heterocycles. The number of carbonyl (C=O) groups is 2. The van der Waals surface area contributed by atoms with Crippen LogP contribution in [0.2, 0.25) is 0 Å². The quantitative estimate of drug-likeness (QED) is 0.791. The predicted molar refractivity (Wildman–Crippen MR) is 84.7 cm³/mol. The van der Waals surface area contributed by atoms with Crippen LogP contribution in [0.5, 0.6) is 0 Å². The Labute approximate surface area is 130 Å². The molecule has 116 valence electrons. The lowest BCUT2D eigenvalue weighted by molar-refractivity contribution is -0.121. The molecule has 1 saturated carbocycles. The van der Waals surface area contributed by atoms with Gasteiger partial charge >= 0.3 is 0 Å². The summed E-state index contributed by atoms with van der Waals surface area (Å²) in [6, 6.07) is 7.33. The summed E-state index contributed by atoms with van der Waals surface area (Å²) in [4.78, 5) is 23.2. The van der Waals surface area contributed by atoms with E-state index >= 15 is 0 Å². The predicted octanol–water partition coefficient (Wildman–Crippen LogP) is 2.62. The van der Waals surface area contributed by atoms with Gasteiger partial charge in [-0.15, -0.1) is 0 Å². The van der Waals surface area contributed by atoms with Gasteiger partial charge in [-0.2, -0.15) is 5.26 Å². The number of nitrogens with one attached hydrogen (secondary N) is 2. The molecule has 0 saturated heterocycles. The first-order valence-electron chi connectivity index (χ1n) is 7.68. The Hall–Kier alpha value is -2.35. The highest BCUT2D eigenvalue weighted by Crippen LogP contribution is 2.19. The Balaban J connectivity index is 1.87. The van der Waals surface area contributed by atoms with Crippen LogP contribution in [-0.2, 0) is 4.79 Å². The zero-order valence-corrected chi connectivity index (χ0v) is 12.8. The first-order valence-corrected chi connectivity index (χ1v) is 7.68. The molecule has 1 aliphatic carbocycles. The van der Waals surface area contributed by atoms with E-state index < -0.39 is 0 Å². The van der Waals surface area contributed by atoms with Crippen LogP contribution in [0.1, 0.15) is 54.9 Å². The maximum absolute atomic E-state index is 11.8. The molecule has 0 aromatic heterocycles. The van der Waals surface area contributed by atoms with Gasteiger partial charge in [0.15, 0.2) is 5.78 Å². The number of nitriles is 1. The van der Waals surface area contributed by atoms with E-state index in [4.69, 9.17) is 5.26 Å². The average molecular weight is 299 g/mol. The van der Waals surface area contributed by atoms with Gasteiger partial charge in [0.1, 0.15) is 6.07 Å². The molecule has 0 heterocycles. The first kappa shape index (κ1) is 16.0. The Morgan fingerprint density at radius 1 is 1.32 bits per heavy atom. The molecule has 5 nitrogen and oxygen atoms in total.